The highest BCUT2D eigenvalue weighted by Gasteiger charge is 2.33. The van der Waals surface area contributed by atoms with Gasteiger partial charge >= 0.3 is 6.18 Å². The van der Waals surface area contributed by atoms with Crippen molar-refractivity contribution in [3.8, 4) is 0 Å². The molecule has 0 saturated heterocycles. The van der Waals surface area contributed by atoms with Gasteiger partial charge in [0.1, 0.15) is 5.82 Å². The van der Waals surface area contributed by atoms with Crippen molar-refractivity contribution in [2.24, 2.45) is 16.6 Å². The van der Waals surface area contributed by atoms with Gasteiger partial charge in [-0.25, -0.2) is 4.98 Å². The number of hydrogen-bond acceptors (Lipinski definition) is 3. The summed E-state index contributed by atoms with van der Waals surface area (Å²) in [7, 11) is 0. The number of aliphatic imine (C=N–C) groups is 1. The summed E-state index contributed by atoms with van der Waals surface area (Å²) in [5.74, 6) is 0.772. The smallest absolute Gasteiger partial charge is 0.370 e. The van der Waals surface area contributed by atoms with Crippen molar-refractivity contribution in [2.45, 2.75) is 25.4 Å². The van der Waals surface area contributed by atoms with Gasteiger partial charge in [-0.15, -0.1) is 0 Å². The Balaban J connectivity index is 1.74. The minimum atomic E-state index is -4.42. The summed E-state index contributed by atoms with van der Waals surface area (Å²) >= 11 is 0. The van der Waals surface area contributed by atoms with E-state index in [1.807, 2.05) is 0 Å². The number of hydrogen-bond donors (Lipinski definition) is 3. The summed E-state index contributed by atoms with van der Waals surface area (Å²) in [4.78, 5) is 7.93. The van der Waals surface area contributed by atoms with E-state index in [2.05, 4.69) is 20.6 Å². The molecule has 1 fully saturated rings. The lowest BCUT2D eigenvalue weighted by atomic mass is 9.86. The van der Waals surface area contributed by atoms with Gasteiger partial charge in [-0.1, -0.05) is 6.42 Å². The number of rotatable bonds is 6. The molecule has 0 bridgehead atoms. The monoisotopic (exact) mass is 315 g/mol. The van der Waals surface area contributed by atoms with Gasteiger partial charge in [0.05, 0.1) is 5.56 Å². The molecule has 1 saturated carbocycles. The van der Waals surface area contributed by atoms with Crippen LogP contribution in [0.15, 0.2) is 23.3 Å². The average molecular weight is 315 g/mol. The standard InChI is InChI=1S/C14H20F3N5/c15-14(16,17)11-5-2-6-19-12(11)20-7-8-21-13(18)22-9-10-3-1-4-10/h2,5-6,10H,1,3-4,7-9H2,(H,19,20)(H3,18,21,22). The minimum absolute atomic E-state index is 0.179. The molecule has 22 heavy (non-hydrogen) atoms. The Morgan fingerprint density at radius 3 is 2.77 bits per heavy atom. The summed E-state index contributed by atoms with van der Waals surface area (Å²) < 4.78 is 38.3. The molecule has 2 rings (SSSR count). The third-order valence-corrected chi connectivity index (χ3v) is 3.58. The summed E-state index contributed by atoms with van der Waals surface area (Å²) in [6, 6.07) is 2.26. The summed E-state index contributed by atoms with van der Waals surface area (Å²) in [6.45, 7) is 1.35. The Morgan fingerprint density at radius 2 is 2.14 bits per heavy atom. The predicted octanol–water partition coefficient (Wildman–Crippen LogP) is 2.22. The van der Waals surface area contributed by atoms with Gasteiger partial charge in [-0.05, 0) is 30.9 Å². The van der Waals surface area contributed by atoms with E-state index in [4.69, 9.17) is 5.73 Å². The number of aromatic nitrogens is 1. The second-order valence-corrected chi connectivity index (χ2v) is 5.27. The Bertz CT molecular complexity index is 511. The molecule has 8 heteroatoms. The van der Waals surface area contributed by atoms with Crippen LogP contribution in [-0.2, 0) is 6.18 Å². The van der Waals surface area contributed by atoms with E-state index in [0.717, 1.165) is 6.07 Å². The number of nitrogens with one attached hydrogen (secondary N) is 2. The summed E-state index contributed by atoms with van der Waals surface area (Å²) in [6.07, 6.45) is 0.534. The molecule has 0 radical (unpaired) electrons. The van der Waals surface area contributed by atoms with Crippen LogP contribution >= 0.6 is 0 Å². The van der Waals surface area contributed by atoms with Crippen molar-refractivity contribution in [2.75, 3.05) is 25.0 Å². The SMILES string of the molecule is NC(=NCC1CCC1)NCCNc1ncccc1C(F)(F)F. The van der Waals surface area contributed by atoms with E-state index < -0.39 is 11.7 Å². The number of nitrogens with two attached hydrogens (primary N) is 1. The first-order valence-corrected chi connectivity index (χ1v) is 7.26. The largest absolute Gasteiger partial charge is 0.419 e. The molecule has 1 heterocycles. The third kappa shape index (κ3) is 4.78. The molecular formula is C14H20F3N5. The van der Waals surface area contributed by atoms with E-state index >= 15 is 0 Å². The molecule has 0 aromatic carbocycles. The molecule has 5 nitrogen and oxygen atoms in total. The van der Waals surface area contributed by atoms with Crippen molar-refractivity contribution < 1.29 is 13.2 Å². The molecule has 4 N–H and O–H groups in total. The second-order valence-electron chi connectivity index (χ2n) is 5.27. The van der Waals surface area contributed by atoms with Crippen molar-refractivity contribution in [1.82, 2.24) is 10.3 Å². The molecule has 0 aliphatic heterocycles. The quantitative estimate of drug-likeness (QED) is 0.427. The lowest BCUT2D eigenvalue weighted by Crippen LogP contribution is -2.36. The number of alkyl halides is 3. The zero-order valence-electron chi connectivity index (χ0n) is 12.2. The number of nitrogens with zero attached hydrogens (tertiary/aromatic N) is 2. The fourth-order valence-corrected chi connectivity index (χ4v) is 2.11. The Morgan fingerprint density at radius 1 is 1.36 bits per heavy atom. The van der Waals surface area contributed by atoms with Gasteiger partial charge in [-0.2, -0.15) is 13.2 Å². The first-order chi connectivity index (χ1) is 10.5. The van der Waals surface area contributed by atoms with Crippen LogP contribution in [0.1, 0.15) is 24.8 Å². The highest BCUT2D eigenvalue weighted by Crippen LogP contribution is 2.33. The molecule has 1 aliphatic carbocycles. The maximum Gasteiger partial charge on any atom is 0.419 e. The molecule has 122 valence electrons. The van der Waals surface area contributed by atoms with Crippen molar-refractivity contribution in [1.29, 1.82) is 0 Å². The minimum Gasteiger partial charge on any atom is -0.370 e. The number of pyridine rings is 1. The van der Waals surface area contributed by atoms with Crippen LogP contribution in [0.4, 0.5) is 19.0 Å². The highest BCUT2D eigenvalue weighted by atomic mass is 19.4. The highest BCUT2D eigenvalue weighted by molar-refractivity contribution is 5.77. The van der Waals surface area contributed by atoms with Gasteiger partial charge in [0, 0.05) is 25.8 Å². The lowest BCUT2D eigenvalue weighted by Gasteiger charge is -2.23. The Kier molecular flexibility index (Phi) is 5.46. The van der Waals surface area contributed by atoms with Crippen LogP contribution in [0.25, 0.3) is 0 Å². The zero-order valence-corrected chi connectivity index (χ0v) is 12.2. The van der Waals surface area contributed by atoms with E-state index in [1.54, 1.807) is 0 Å². The molecular weight excluding hydrogens is 295 g/mol. The van der Waals surface area contributed by atoms with Crippen LogP contribution in [0, 0.1) is 5.92 Å². The first kappa shape index (κ1) is 16.4. The molecule has 0 unspecified atom stereocenters. The maximum absolute atomic E-state index is 12.8. The fraction of sp³-hybridized carbons (Fsp3) is 0.571. The van der Waals surface area contributed by atoms with Crippen molar-refractivity contribution in [3.63, 3.8) is 0 Å². The van der Waals surface area contributed by atoms with Gasteiger partial charge in [0.15, 0.2) is 5.96 Å². The van der Waals surface area contributed by atoms with Gasteiger partial charge in [0.25, 0.3) is 0 Å². The maximum atomic E-state index is 12.8. The Hall–Kier alpha value is -1.99. The van der Waals surface area contributed by atoms with Crippen molar-refractivity contribution in [3.05, 3.63) is 23.9 Å². The second kappa shape index (κ2) is 7.33. The summed E-state index contributed by atoms with van der Waals surface area (Å²) in [5, 5.41) is 5.53. The van der Waals surface area contributed by atoms with Crippen LogP contribution in [0.5, 0.6) is 0 Å². The fourth-order valence-electron chi connectivity index (χ4n) is 2.11. The molecule has 0 atom stereocenters. The number of halogens is 3. The lowest BCUT2D eigenvalue weighted by molar-refractivity contribution is -0.137. The van der Waals surface area contributed by atoms with E-state index in [9.17, 15) is 13.2 Å². The van der Waals surface area contributed by atoms with Crippen LogP contribution in [0.2, 0.25) is 0 Å². The average Bonchev–Trinajstić information content (AvgIpc) is 2.41. The number of anilines is 1. The molecule has 1 aliphatic rings. The molecule has 0 spiro atoms. The molecule has 1 aromatic heterocycles. The van der Waals surface area contributed by atoms with E-state index in [0.29, 0.717) is 25.0 Å². The first-order valence-electron chi connectivity index (χ1n) is 7.26. The van der Waals surface area contributed by atoms with Crippen LogP contribution in [0.3, 0.4) is 0 Å². The predicted molar refractivity (Wildman–Crippen MR) is 79.6 cm³/mol. The molecule has 1 aromatic rings. The van der Waals surface area contributed by atoms with Crippen LogP contribution in [-0.4, -0.2) is 30.6 Å². The van der Waals surface area contributed by atoms with E-state index in [1.165, 1.54) is 31.5 Å². The van der Waals surface area contributed by atoms with Gasteiger partial charge in [0.2, 0.25) is 0 Å². The van der Waals surface area contributed by atoms with E-state index in [-0.39, 0.29) is 12.4 Å². The normalized spacial score (nSPS) is 16.2. The molecule has 0 amide bonds. The van der Waals surface area contributed by atoms with Crippen molar-refractivity contribution >= 4 is 11.8 Å². The number of guanidine groups is 1. The van der Waals surface area contributed by atoms with Gasteiger partial charge < -0.3 is 16.4 Å². The zero-order chi connectivity index (χ0) is 16.0. The van der Waals surface area contributed by atoms with Crippen LogP contribution < -0.4 is 16.4 Å². The third-order valence-electron chi connectivity index (χ3n) is 3.58. The Labute approximate surface area is 127 Å². The topological polar surface area (TPSA) is 75.3 Å². The summed E-state index contributed by atoms with van der Waals surface area (Å²) in [5.41, 5.74) is 4.92. The van der Waals surface area contributed by atoms with Gasteiger partial charge in [-0.3, -0.25) is 4.99 Å².